The molecule has 0 saturated carbocycles. The van der Waals surface area contributed by atoms with Crippen LogP contribution in [-0.2, 0) is 0 Å². The van der Waals surface area contributed by atoms with Gasteiger partial charge in [-0.05, 0) is 26.0 Å². The zero-order valence-electron chi connectivity index (χ0n) is 9.16. The van der Waals surface area contributed by atoms with Crippen LogP contribution in [0.15, 0.2) is 18.2 Å². The van der Waals surface area contributed by atoms with E-state index in [9.17, 15) is 4.79 Å². The normalized spacial score (nSPS) is 17.9. The first-order chi connectivity index (χ1) is 7.06. The molecule has 3 nitrogen and oxygen atoms in total. The number of methoxy groups -OCH3 is 1. The molecule has 0 atom stereocenters. The Balaban J connectivity index is 2.58. The van der Waals surface area contributed by atoms with Crippen molar-refractivity contribution in [3.05, 3.63) is 23.8 Å². The number of benzene rings is 1. The molecule has 0 amide bonds. The highest BCUT2D eigenvalue weighted by atomic mass is 16.5. The maximum absolute atomic E-state index is 12.2. The molecule has 1 aliphatic heterocycles. The molecule has 0 spiro atoms. The van der Waals surface area contributed by atoms with Gasteiger partial charge < -0.3 is 9.47 Å². The topological polar surface area (TPSA) is 35.5 Å². The summed E-state index contributed by atoms with van der Waals surface area (Å²) < 4.78 is 10.7. The summed E-state index contributed by atoms with van der Waals surface area (Å²) in [6.45, 7) is 4.18. The maximum atomic E-state index is 12.2. The fraction of sp³-hybridized carbons (Fsp3) is 0.417. The van der Waals surface area contributed by atoms with E-state index in [1.807, 2.05) is 19.9 Å². The van der Waals surface area contributed by atoms with Gasteiger partial charge in [0.15, 0.2) is 5.78 Å². The van der Waals surface area contributed by atoms with E-state index in [4.69, 9.17) is 9.47 Å². The summed E-state index contributed by atoms with van der Waals surface area (Å²) in [6.07, 6.45) is 0. The number of Topliss-reactive ketones (excluding diaryl/α,β-unsaturated/α-hetero) is 1. The number of ether oxygens (including phenoxy) is 2. The Bertz CT molecular complexity index is 393. The van der Waals surface area contributed by atoms with Crippen molar-refractivity contribution >= 4 is 5.78 Å². The quantitative estimate of drug-likeness (QED) is 0.707. The molecule has 0 bridgehead atoms. The van der Waals surface area contributed by atoms with E-state index in [0.29, 0.717) is 23.7 Å². The van der Waals surface area contributed by atoms with Gasteiger partial charge in [0.25, 0.3) is 0 Å². The van der Waals surface area contributed by atoms with Crippen LogP contribution in [-0.4, -0.2) is 19.5 Å². The summed E-state index contributed by atoms with van der Waals surface area (Å²) in [5.41, 5.74) is 0.0954. The second kappa shape index (κ2) is 3.26. The number of carbonyl (C=O) groups is 1. The summed E-state index contributed by atoms with van der Waals surface area (Å²) >= 11 is 0. The van der Waals surface area contributed by atoms with Gasteiger partial charge in [-0.3, -0.25) is 4.79 Å². The third-order valence-corrected chi connectivity index (χ3v) is 2.64. The second-order valence-corrected chi connectivity index (χ2v) is 4.34. The Labute approximate surface area is 89.0 Å². The molecule has 0 fully saturated rings. The van der Waals surface area contributed by atoms with E-state index in [1.165, 1.54) is 0 Å². The average molecular weight is 206 g/mol. The lowest BCUT2D eigenvalue weighted by Crippen LogP contribution is -2.35. The minimum Gasteiger partial charge on any atom is -0.496 e. The molecule has 0 unspecified atom stereocenters. The van der Waals surface area contributed by atoms with Crippen LogP contribution in [0.25, 0.3) is 0 Å². The van der Waals surface area contributed by atoms with Gasteiger partial charge in [0, 0.05) is 0 Å². The molecular weight excluding hydrogens is 192 g/mol. The number of ketones is 1. The van der Waals surface area contributed by atoms with E-state index >= 15 is 0 Å². The van der Waals surface area contributed by atoms with Crippen molar-refractivity contribution in [2.75, 3.05) is 13.7 Å². The average Bonchev–Trinajstić information content (AvgIpc) is 2.23. The first-order valence-electron chi connectivity index (χ1n) is 4.91. The summed E-state index contributed by atoms with van der Waals surface area (Å²) in [7, 11) is 1.56. The fourth-order valence-corrected chi connectivity index (χ4v) is 1.69. The summed E-state index contributed by atoms with van der Waals surface area (Å²) in [4.78, 5) is 12.2. The van der Waals surface area contributed by atoms with E-state index in [1.54, 1.807) is 19.2 Å². The first-order valence-corrected chi connectivity index (χ1v) is 4.91. The van der Waals surface area contributed by atoms with Gasteiger partial charge >= 0.3 is 0 Å². The third kappa shape index (κ3) is 1.48. The highest BCUT2D eigenvalue weighted by Crippen LogP contribution is 2.38. The molecule has 3 heteroatoms. The van der Waals surface area contributed by atoms with Crippen LogP contribution in [0.2, 0.25) is 0 Å². The number of rotatable bonds is 1. The van der Waals surface area contributed by atoms with Crippen molar-refractivity contribution in [3.8, 4) is 11.5 Å². The molecular formula is C12H14O3. The Morgan fingerprint density at radius 1 is 1.40 bits per heavy atom. The van der Waals surface area contributed by atoms with Gasteiger partial charge in [0.2, 0.25) is 0 Å². The molecule has 1 heterocycles. The predicted molar refractivity (Wildman–Crippen MR) is 56.6 cm³/mol. The minimum absolute atomic E-state index is 0.0844. The number of hydrogen-bond donors (Lipinski definition) is 0. The molecule has 1 aromatic carbocycles. The van der Waals surface area contributed by atoms with Crippen molar-refractivity contribution in [2.45, 2.75) is 13.8 Å². The number of hydrogen-bond acceptors (Lipinski definition) is 3. The van der Waals surface area contributed by atoms with Gasteiger partial charge in [-0.2, -0.15) is 0 Å². The van der Waals surface area contributed by atoms with Gasteiger partial charge in [-0.15, -0.1) is 0 Å². The minimum atomic E-state index is -0.471. The van der Waals surface area contributed by atoms with Crippen molar-refractivity contribution in [1.82, 2.24) is 0 Å². The zero-order chi connectivity index (χ0) is 11.1. The van der Waals surface area contributed by atoms with Gasteiger partial charge in [0.1, 0.15) is 23.7 Å². The smallest absolute Gasteiger partial charge is 0.179 e. The second-order valence-electron chi connectivity index (χ2n) is 4.34. The van der Waals surface area contributed by atoms with Gasteiger partial charge in [-0.25, -0.2) is 0 Å². The van der Waals surface area contributed by atoms with Crippen molar-refractivity contribution in [2.24, 2.45) is 5.41 Å². The Morgan fingerprint density at radius 2 is 2.13 bits per heavy atom. The lowest BCUT2D eigenvalue weighted by Gasteiger charge is -2.30. The Morgan fingerprint density at radius 3 is 2.80 bits per heavy atom. The molecule has 15 heavy (non-hydrogen) atoms. The molecule has 2 rings (SSSR count). The van der Waals surface area contributed by atoms with E-state index in [2.05, 4.69) is 0 Å². The predicted octanol–water partition coefficient (Wildman–Crippen LogP) is 2.30. The van der Waals surface area contributed by atoms with Crippen LogP contribution >= 0.6 is 0 Å². The molecule has 0 radical (unpaired) electrons. The molecule has 1 aromatic rings. The van der Waals surface area contributed by atoms with Crippen molar-refractivity contribution < 1.29 is 14.3 Å². The first kappa shape index (κ1) is 10.0. The van der Waals surface area contributed by atoms with Crippen LogP contribution < -0.4 is 9.47 Å². The van der Waals surface area contributed by atoms with Crippen molar-refractivity contribution in [3.63, 3.8) is 0 Å². The molecule has 80 valence electrons. The SMILES string of the molecule is COc1cccc2c1C(=O)C(C)(C)CO2. The summed E-state index contributed by atoms with van der Waals surface area (Å²) in [5.74, 6) is 1.30. The highest BCUT2D eigenvalue weighted by molar-refractivity contribution is 6.05. The van der Waals surface area contributed by atoms with Gasteiger partial charge in [0.05, 0.1) is 12.5 Å². The van der Waals surface area contributed by atoms with E-state index < -0.39 is 5.41 Å². The van der Waals surface area contributed by atoms with E-state index in [-0.39, 0.29) is 5.78 Å². The fourth-order valence-electron chi connectivity index (χ4n) is 1.69. The van der Waals surface area contributed by atoms with Crippen LogP contribution in [0, 0.1) is 5.41 Å². The van der Waals surface area contributed by atoms with Crippen molar-refractivity contribution in [1.29, 1.82) is 0 Å². The van der Waals surface area contributed by atoms with Crippen LogP contribution in [0.1, 0.15) is 24.2 Å². The van der Waals surface area contributed by atoms with Crippen LogP contribution in [0.4, 0.5) is 0 Å². The molecule has 0 saturated heterocycles. The summed E-state index contributed by atoms with van der Waals surface area (Å²) in [5, 5.41) is 0. The lowest BCUT2D eigenvalue weighted by atomic mass is 9.82. The zero-order valence-corrected chi connectivity index (χ0v) is 9.16. The molecule has 0 aromatic heterocycles. The van der Waals surface area contributed by atoms with Crippen LogP contribution in [0.5, 0.6) is 11.5 Å². The monoisotopic (exact) mass is 206 g/mol. The Hall–Kier alpha value is -1.51. The van der Waals surface area contributed by atoms with E-state index in [0.717, 1.165) is 0 Å². The standard InChI is InChI=1S/C12H14O3/c1-12(2)7-15-9-6-4-5-8(14-3)10(9)11(12)13/h4-6H,7H2,1-3H3. The largest absolute Gasteiger partial charge is 0.496 e. The van der Waals surface area contributed by atoms with Crippen LogP contribution in [0.3, 0.4) is 0 Å². The summed E-state index contributed by atoms with van der Waals surface area (Å²) in [6, 6.07) is 5.40. The molecule has 1 aliphatic rings. The lowest BCUT2D eigenvalue weighted by molar-refractivity contribution is 0.0687. The Kier molecular flexibility index (Phi) is 2.18. The molecule has 0 aliphatic carbocycles. The van der Waals surface area contributed by atoms with Gasteiger partial charge in [-0.1, -0.05) is 6.07 Å². The number of carbonyl (C=O) groups excluding carboxylic acids is 1. The third-order valence-electron chi connectivity index (χ3n) is 2.64. The highest BCUT2D eigenvalue weighted by Gasteiger charge is 2.37. The molecule has 0 N–H and O–H groups in total. The maximum Gasteiger partial charge on any atom is 0.179 e. The number of fused-ring (bicyclic) bond motifs is 1.